The number of hydrogen-bond acceptors (Lipinski definition) is 3. The molecule has 0 radical (unpaired) electrons. The van der Waals surface area contributed by atoms with Crippen LogP contribution in [-0.2, 0) is 4.74 Å². The van der Waals surface area contributed by atoms with Gasteiger partial charge >= 0.3 is 0 Å². The van der Waals surface area contributed by atoms with E-state index in [0.29, 0.717) is 5.44 Å². The molecule has 2 unspecified atom stereocenters. The molecule has 1 aliphatic heterocycles. The van der Waals surface area contributed by atoms with Gasteiger partial charge in [-0.3, -0.25) is 0 Å². The molecule has 0 aromatic heterocycles. The van der Waals surface area contributed by atoms with E-state index in [2.05, 4.69) is 25.1 Å². The Bertz CT molecular complexity index is 132. The monoisotopic (exact) mass is 189 g/mol. The molecule has 0 amide bonds. The average Bonchev–Trinajstić information content (AvgIpc) is 2.47. The predicted octanol–water partition coefficient (Wildman–Crippen LogP) is 1.66. The van der Waals surface area contributed by atoms with E-state index < -0.39 is 0 Å². The first kappa shape index (κ1) is 10.4. The molecular weight excluding hydrogens is 170 g/mol. The van der Waals surface area contributed by atoms with Crippen LogP contribution in [0.4, 0.5) is 0 Å². The Hall–Kier alpha value is 0.270. The fourth-order valence-corrected chi connectivity index (χ4v) is 1.72. The van der Waals surface area contributed by atoms with Crippen molar-refractivity contribution in [3.05, 3.63) is 0 Å². The van der Waals surface area contributed by atoms with Gasteiger partial charge in [-0.25, -0.2) is 0 Å². The van der Waals surface area contributed by atoms with Crippen molar-refractivity contribution in [1.29, 1.82) is 0 Å². The summed E-state index contributed by atoms with van der Waals surface area (Å²) in [5.74, 6) is 0.768. The quantitative estimate of drug-likeness (QED) is 0.624. The molecule has 1 fully saturated rings. The summed E-state index contributed by atoms with van der Waals surface area (Å²) < 4.78 is 5.66. The normalized spacial score (nSPS) is 27.8. The van der Waals surface area contributed by atoms with Crippen LogP contribution in [0, 0.1) is 5.92 Å². The van der Waals surface area contributed by atoms with Crippen molar-refractivity contribution in [2.75, 3.05) is 33.0 Å². The van der Waals surface area contributed by atoms with E-state index in [0.717, 1.165) is 12.5 Å². The van der Waals surface area contributed by atoms with Crippen LogP contribution in [0.25, 0.3) is 0 Å². The molecule has 72 valence electrons. The summed E-state index contributed by atoms with van der Waals surface area (Å²) >= 11 is 1.77. The van der Waals surface area contributed by atoms with E-state index in [1.807, 2.05) is 0 Å². The Kier molecular flexibility index (Phi) is 4.40. The molecule has 0 aliphatic carbocycles. The zero-order valence-electron chi connectivity index (χ0n) is 8.25. The van der Waals surface area contributed by atoms with Gasteiger partial charge in [0.25, 0.3) is 0 Å². The molecule has 0 aromatic carbocycles. The molecule has 0 N–H and O–H groups in total. The lowest BCUT2D eigenvalue weighted by Gasteiger charge is -2.14. The molecule has 2 nitrogen and oxygen atoms in total. The van der Waals surface area contributed by atoms with Crippen LogP contribution in [-0.4, -0.2) is 43.3 Å². The third-order valence-electron chi connectivity index (χ3n) is 2.39. The van der Waals surface area contributed by atoms with E-state index in [1.165, 1.54) is 19.5 Å². The third kappa shape index (κ3) is 3.33. The number of likely N-dealkylation sites (tertiary alicyclic amines) is 1. The lowest BCUT2D eigenvalue weighted by Crippen LogP contribution is -2.18. The number of nitrogens with zero attached hydrogens (tertiary/aromatic N) is 1. The highest BCUT2D eigenvalue weighted by molar-refractivity contribution is 7.99. The maximum atomic E-state index is 5.66. The zero-order chi connectivity index (χ0) is 8.97. The first-order valence-corrected chi connectivity index (χ1v) is 5.84. The SMILES string of the molecule is CSC(C)OCC1CCN(C)C1. The summed E-state index contributed by atoms with van der Waals surface area (Å²) in [5, 5.41) is 0. The van der Waals surface area contributed by atoms with Gasteiger partial charge in [0.05, 0.1) is 12.0 Å². The van der Waals surface area contributed by atoms with Crippen molar-refractivity contribution in [2.24, 2.45) is 5.92 Å². The van der Waals surface area contributed by atoms with Gasteiger partial charge in [-0.15, -0.1) is 11.8 Å². The molecule has 1 heterocycles. The van der Waals surface area contributed by atoms with Gasteiger partial charge in [-0.2, -0.15) is 0 Å². The molecule has 0 aromatic rings. The van der Waals surface area contributed by atoms with Crippen LogP contribution in [0.15, 0.2) is 0 Å². The Labute approximate surface area is 79.6 Å². The van der Waals surface area contributed by atoms with E-state index in [-0.39, 0.29) is 0 Å². The lowest BCUT2D eigenvalue weighted by atomic mass is 10.1. The summed E-state index contributed by atoms with van der Waals surface area (Å²) in [7, 11) is 2.18. The number of thioether (sulfide) groups is 1. The van der Waals surface area contributed by atoms with Crippen molar-refractivity contribution in [2.45, 2.75) is 18.8 Å². The summed E-state index contributed by atoms with van der Waals surface area (Å²) in [4.78, 5) is 2.37. The standard InChI is InChI=1S/C9H19NOS/c1-8(12-3)11-7-9-4-5-10(2)6-9/h8-9H,4-7H2,1-3H3. The van der Waals surface area contributed by atoms with E-state index in [4.69, 9.17) is 4.74 Å². The van der Waals surface area contributed by atoms with E-state index >= 15 is 0 Å². The molecule has 12 heavy (non-hydrogen) atoms. The Morgan fingerprint density at radius 1 is 1.67 bits per heavy atom. The topological polar surface area (TPSA) is 12.5 Å². The first-order valence-electron chi connectivity index (χ1n) is 4.55. The highest BCUT2D eigenvalue weighted by atomic mass is 32.2. The van der Waals surface area contributed by atoms with Gasteiger partial charge in [-0.1, -0.05) is 0 Å². The number of hydrogen-bond donors (Lipinski definition) is 0. The smallest absolute Gasteiger partial charge is 0.0996 e. The molecule has 0 saturated carbocycles. The van der Waals surface area contributed by atoms with Crippen LogP contribution in [0.3, 0.4) is 0 Å². The lowest BCUT2D eigenvalue weighted by molar-refractivity contribution is 0.0930. The Morgan fingerprint density at radius 2 is 2.42 bits per heavy atom. The van der Waals surface area contributed by atoms with Crippen molar-refractivity contribution in [1.82, 2.24) is 4.90 Å². The molecule has 1 rings (SSSR count). The van der Waals surface area contributed by atoms with Gasteiger partial charge in [0.2, 0.25) is 0 Å². The fraction of sp³-hybridized carbons (Fsp3) is 1.00. The fourth-order valence-electron chi connectivity index (χ4n) is 1.50. The summed E-state index contributed by atoms with van der Waals surface area (Å²) in [6, 6.07) is 0. The van der Waals surface area contributed by atoms with Crippen LogP contribution in [0.1, 0.15) is 13.3 Å². The minimum Gasteiger partial charge on any atom is -0.368 e. The molecule has 1 aliphatic rings. The highest BCUT2D eigenvalue weighted by Gasteiger charge is 2.19. The Morgan fingerprint density at radius 3 is 2.92 bits per heavy atom. The molecular formula is C9H19NOS. The van der Waals surface area contributed by atoms with Crippen LogP contribution >= 0.6 is 11.8 Å². The van der Waals surface area contributed by atoms with Gasteiger partial charge in [0, 0.05) is 6.54 Å². The summed E-state index contributed by atoms with van der Waals surface area (Å²) in [6.45, 7) is 5.50. The average molecular weight is 189 g/mol. The van der Waals surface area contributed by atoms with Crippen LogP contribution < -0.4 is 0 Å². The van der Waals surface area contributed by atoms with Gasteiger partial charge in [0.1, 0.15) is 0 Å². The molecule has 3 heteroatoms. The maximum absolute atomic E-state index is 5.66. The predicted molar refractivity (Wildman–Crippen MR) is 54.5 cm³/mol. The molecule has 0 spiro atoms. The van der Waals surface area contributed by atoms with Crippen molar-refractivity contribution in [3.63, 3.8) is 0 Å². The second-order valence-electron chi connectivity index (χ2n) is 3.55. The van der Waals surface area contributed by atoms with Gasteiger partial charge in [0.15, 0.2) is 0 Å². The van der Waals surface area contributed by atoms with Crippen LogP contribution in [0.5, 0.6) is 0 Å². The summed E-state index contributed by atoms with van der Waals surface area (Å²) in [6.07, 6.45) is 3.39. The molecule has 0 bridgehead atoms. The number of ether oxygens (including phenoxy) is 1. The highest BCUT2D eigenvalue weighted by Crippen LogP contribution is 2.16. The molecule has 2 atom stereocenters. The van der Waals surface area contributed by atoms with Crippen LogP contribution in [0.2, 0.25) is 0 Å². The molecule has 1 saturated heterocycles. The van der Waals surface area contributed by atoms with Crippen molar-refractivity contribution >= 4 is 11.8 Å². The maximum Gasteiger partial charge on any atom is 0.0996 e. The second-order valence-corrected chi connectivity index (χ2v) is 4.69. The second kappa shape index (κ2) is 5.10. The van der Waals surface area contributed by atoms with E-state index in [9.17, 15) is 0 Å². The first-order chi connectivity index (χ1) is 5.72. The Balaban J connectivity index is 2.07. The van der Waals surface area contributed by atoms with Crippen molar-refractivity contribution in [3.8, 4) is 0 Å². The minimum absolute atomic E-state index is 0.357. The van der Waals surface area contributed by atoms with Crippen molar-refractivity contribution < 1.29 is 4.74 Å². The largest absolute Gasteiger partial charge is 0.368 e. The van der Waals surface area contributed by atoms with Gasteiger partial charge < -0.3 is 9.64 Å². The summed E-state index contributed by atoms with van der Waals surface area (Å²) in [5.41, 5.74) is 0.357. The third-order valence-corrected chi connectivity index (χ3v) is 3.19. The minimum atomic E-state index is 0.357. The van der Waals surface area contributed by atoms with Gasteiger partial charge in [-0.05, 0) is 39.1 Å². The zero-order valence-corrected chi connectivity index (χ0v) is 9.06. The van der Waals surface area contributed by atoms with E-state index in [1.54, 1.807) is 11.8 Å². The number of rotatable bonds is 4.